The van der Waals surface area contributed by atoms with Gasteiger partial charge in [-0.1, -0.05) is 26.7 Å². The van der Waals surface area contributed by atoms with Crippen molar-refractivity contribution in [2.45, 2.75) is 59.5 Å². The monoisotopic (exact) mass is 315 g/mol. The maximum absolute atomic E-state index is 12.7. The Morgan fingerprint density at radius 2 is 1.78 bits per heavy atom. The predicted molar refractivity (Wildman–Crippen MR) is 92.7 cm³/mol. The molecule has 124 valence electrons. The zero-order valence-electron chi connectivity index (χ0n) is 14.2. The molecule has 5 heteroatoms. The number of unbranched alkanes of at least 4 members (excludes halogenated alkanes) is 2. The number of nitrogens with zero attached hydrogens (tertiary/aromatic N) is 3. The second-order valence-corrected chi connectivity index (χ2v) is 5.90. The highest BCUT2D eigenvalue weighted by molar-refractivity contribution is 5.57. The number of pyridine rings is 1. The minimum absolute atomic E-state index is 0.215. The molecule has 2 aromatic heterocycles. The molecule has 2 rings (SSSR count). The first-order valence-electron chi connectivity index (χ1n) is 8.35. The summed E-state index contributed by atoms with van der Waals surface area (Å²) < 4.78 is 3.01. The third kappa shape index (κ3) is 3.97. The molecule has 0 aliphatic rings. The van der Waals surface area contributed by atoms with E-state index in [1.165, 1.54) is 4.57 Å². The molecule has 2 aromatic rings. The molecule has 0 aliphatic heterocycles. The van der Waals surface area contributed by atoms with Crippen LogP contribution in [0.2, 0.25) is 0 Å². The van der Waals surface area contributed by atoms with E-state index < -0.39 is 0 Å². The number of aromatic nitrogens is 3. The van der Waals surface area contributed by atoms with E-state index in [0.717, 1.165) is 31.2 Å². The van der Waals surface area contributed by atoms with Gasteiger partial charge in [0.05, 0.1) is 11.3 Å². The lowest BCUT2D eigenvalue weighted by Gasteiger charge is -2.12. The molecular formula is C18H25N3O2. The SMILES string of the molecule is CCCCn1cc(-c2cc(C)ccn2)c(=O)n(CCCC)c1=O. The summed E-state index contributed by atoms with van der Waals surface area (Å²) in [6.45, 7) is 7.18. The van der Waals surface area contributed by atoms with E-state index in [2.05, 4.69) is 11.9 Å². The van der Waals surface area contributed by atoms with Crippen molar-refractivity contribution in [1.29, 1.82) is 0 Å². The smallest absolute Gasteiger partial charge is 0.300 e. The van der Waals surface area contributed by atoms with E-state index in [1.807, 2.05) is 26.0 Å². The standard InChI is InChI=1S/C18H25N3O2/c1-4-6-10-20-13-15(16-12-14(3)8-9-19-16)17(22)21(18(20)23)11-7-5-2/h8-9,12-13H,4-7,10-11H2,1-3H3. The molecule has 0 radical (unpaired) electrons. The van der Waals surface area contributed by atoms with Crippen LogP contribution in [0.3, 0.4) is 0 Å². The first-order valence-corrected chi connectivity index (χ1v) is 8.35. The molecule has 5 nitrogen and oxygen atoms in total. The van der Waals surface area contributed by atoms with Crippen molar-refractivity contribution in [1.82, 2.24) is 14.1 Å². The minimum Gasteiger partial charge on any atom is -0.300 e. The van der Waals surface area contributed by atoms with Crippen molar-refractivity contribution < 1.29 is 0 Å². The Labute approximate surface area is 136 Å². The lowest BCUT2D eigenvalue weighted by molar-refractivity contribution is 0.518. The fraction of sp³-hybridized carbons (Fsp3) is 0.500. The number of rotatable bonds is 7. The fourth-order valence-electron chi connectivity index (χ4n) is 2.51. The molecule has 0 spiro atoms. The average molecular weight is 315 g/mol. The molecule has 0 N–H and O–H groups in total. The zero-order chi connectivity index (χ0) is 16.8. The maximum Gasteiger partial charge on any atom is 0.330 e. The lowest BCUT2D eigenvalue weighted by atomic mass is 10.1. The molecule has 23 heavy (non-hydrogen) atoms. The Morgan fingerprint density at radius 3 is 2.43 bits per heavy atom. The second-order valence-electron chi connectivity index (χ2n) is 5.90. The Balaban J connectivity index is 2.61. The van der Waals surface area contributed by atoms with Gasteiger partial charge in [0, 0.05) is 25.5 Å². The summed E-state index contributed by atoms with van der Waals surface area (Å²) in [6.07, 6.45) is 7.03. The third-order valence-electron chi connectivity index (χ3n) is 3.92. The predicted octanol–water partition coefficient (Wildman–Crippen LogP) is 2.98. The van der Waals surface area contributed by atoms with Gasteiger partial charge in [0.25, 0.3) is 5.56 Å². The Kier molecular flexibility index (Phi) is 5.90. The van der Waals surface area contributed by atoms with E-state index in [4.69, 9.17) is 0 Å². The van der Waals surface area contributed by atoms with Gasteiger partial charge < -0.3 is 0 Å². The summed E-state index contributed by atoms with van der Waals surface area (Å²) in [5.74, 6) is 0. The van der Waals surface area contributed by atoms with Crippen molar-refractivity contribution in [3.8, 4) is 11.3 Å². The normalized spacial score (nSPS) is 10.9. The molecule has 0 fully saturated rings. The molecule has 0 aromatic carbocycles. The van der Waals surface area contributed by atoms with Crippen LogP contribution in [0.4, 0.5) is 0 Å². The molecule has 0 aliphatic carbocycles. The van der Waals surface area contributed by atoms with Crippen LogP contribution in [0, 0.1) is 6.92 Å². The first kappa shape index (κ1) is 17.2. The van der Waals surface area contributed by atoms with Gasteiger partial charge in [-0.15, -0.1) is 0 Å². The van der Waals surface area contributed by atoms with Crippen molar-refractivity contribution in [3.63, 3.8) is 0 Å². The van der Waals surface area contributed by atoms with Gasteiger partial charge in [0.1, 0.15) is 0 Å². The number of hydrogen-bond acceptors (Lipinski definition) is 3. The largest absolute Gasteiger partial charge is 0.330 e. The molecule has 0 saturated heterocycles. The highest BCUT2D eigenvalue weighted by Crippen LogP contribution is 2.13. The molecule has 0 atom stereocenters. The van der Waals surface area contributed by atoms with Crippen LogP contribution in [0.15, 0.2) is 34.1 Å². The van der Waals surface area contributed by atoms with Crippen LogP contribution in [0.5, 0.6) is 0 Å². The lowest BCUT2D eigenvalue weighted by Crippen LogP contribution is -2.40. The molecular weight excluding hydrogens is 290 g/mol. The first-order chi connectivity index (χ1) is 11.1. The van der Waals surface area contributed by atoms with Gasteiger partial charge in [-0.3, -0.25) is 18.9 Å². The summed E-state index contributed by atoms with van der Waals surface area (Å²) in [7, 11) is 0. The van der Waals surface area contributed by atoms with Crippen molar-refractivity contribution in [3.05, 3.63) is 50.9 Å². The third-order valence-corrected chi connectivity index (χ3v) is 3.92. The van der Waals surface area contributed by atoms with Crippen molar-refractivity contribution in [2.24, 2.45) is 0 Å². The topological polar surface area (TPSA) is 56.9 Å². The fourth-order valence-corrected chi connectivity index (χ4v) is 2.51. The van der Waals surface area contributed by atoms with Crippen LogP contribution in [-0.4, -0.2) is 14.1 Å². The van der Waals surface area contributed by atoms with E-state index in [1.54, 1.807) is 17.0 Å². The van der Waals surface area contributed by atoms with Gasteiger partial charge in [0.15, 0.2) is 0 Å². The molecule has 0 amide bonds. The molecule has 0 saturated carbocycles. The number of hydrogen-bond donors (Lipinski definition) is 0. The van der Waals surface area contributed by atoms with E-state index >= 15 is 0 Å². The maximum atomic E-state index is 12.7. The summed E-state index contributed by atoms with van der Waals surface area (Å²) >= 11 is 0. The Hall–Kier alpha value is -2.17. The summed E-state index contributed by atoms with van der Waals surface area (Å²) in [4.78, 5) is 29.6. The quantitative estimate of drug-likeness (QED) is 0.789. The van der Waals surface area contributed by atoms with Gasteiger partial charge in [-0.25, -0.2) is 4.79 Å². The van der Waals surface area contributed by atoms with E-state index in [-0.39, 0.29) is 11.2 Å². The van der Waals surface area contributed by atoms with Crippen LogP contribution in [0.1, 0.15) is 45.1 Å². The Bertz CT molecular complexity index is 775. The highest BCUT2D eigenvalue weighted by atomic mass is 16.2. The molecule has 0 unspecified atom stereocenters. The average Bonchev–Trinajstić information content (AvgIpc) is 2.54. The second kappa shape index (κ2) is 7.90. The van der Waals surface area contributed by atoms with E-state index in [9.17, 15) is 9.59 Å². The van der Waals surface area contributed by atoms with E-state index in [0.29, 0.717) is 24.3 Å². The van der Waals surface area contributed by atoms with Crippen LogP contribution in [-0.2, 0) is 13.1 Å². The Morgan fingerprint density at radius 1 is 1.09 bits per heavy atom. The molecule has 2 heterocycles. The molecule has 0 bridgehead atoms. The summed E-state index contributed by atoms with van der Waals surface area (Å²) in [6, 6.07) is 3.78. The summed E-state index contributed by atoms with van der Waals surface area (Å²) in [5, 5.41) is 0. The van der Waals surface area contributed by atoms with Crippen LogP contribution >= 0.6 is 0 Å². The van der Waals surface area contributed by atoms with Crippen molar-refractivity contribution in [2.75, 3.05) is 0 Å². The van der Waals surface area contributed by atoms with Crippen molar-refractivity contribution >= 4 is 0 Å². The van der Waals surface area contributed by atoms with Gasteiger partial charge in [-0.05, 0) is 37.5 Å². The van der Waals surface area contributed by atoms with Gasteiger partial charge >= 0.3 is 5.69 Å². The minimum atomic E-state index is -0.241. The highest BCUT2D eigenvalue weighted by Gasteiger charge is 2.13. The van der Waals surface area contributed by atoms with Gasteiger partial charge in [0.2, 0.25) is 0 Å². The zero-order valence-corrected chi connectivity index (χ0v) is 14.2. The van der Waals surface area contributed by atoms with Crippen LogP contribution < -0.4 is 11.2 Å². The van der Waals surface area contributed by atoms with Crippen LogP contribution in [0.25, 0.3) is 11.3 Å². The van der Waals surface area contributed by atoms with Gasteiger partial charge in [-0.2, -0.15) is 0 Å². The number of aryl methyl sites for hydroxylation is 2. The summed E-state index contributed by atoms with van der Waals surface area (Å²) in [5.41, 5.74) is 1.72.